The maximum absolute atomic E-state index is 10.4. The van der Waals surface area contributed by atoms with Gasteiger partial charge in [-0.1, -0.05) is 13.3 Å². The van der Waals surface area contributed by atoms with Crippen molar-refractivity contribution in [1.82, 2.24) is 34.5 Å². The fourth-order valence-electron chi connectivity index (χ4n) is 4.20. The maximum atomic E-state index is 10.4. The summed E-state index contributed by atoms with van der Waals surface area (Å²) >= 11 is 0. The molecule has 0 saturated carbocycles. The number of hydrogen-bond donors (Lipinski definition) is 2. The number of hydrogen-bond acceptors (Lipinski definition) is 8. The molecule has 4 aromatic heterocycles. The van der Waals surface area contributed by atoms with Gasteiger partial charge in [0, 0.05) is 17.3 Å². The van der Waals surface area contributed by atoms with E-state index in [2.05, 4.69) is 38.4 Å². The monoisotopic (exact) mass is 522 g/mol. The number of imidazole rings is 1. The van der Waals surface area contributed by atoms with Gasteiger partial charge in [-0.2, -0.15) is 10.2 Å². The second-order valence-corrected chi connectivity index (χ2v) is 9.32. The summed E-state index contributed by atoms with van der Waals surface area (Å²) in [6, 6.07) is 13.1. The smallest absolute Gasteiger partial charge is 0.161 e. The van der Waals surface area contributed by atoms with Crippen molar-refractivity contribution in [1.29, 1.82) is 0 Å². The van der Waals surface area contributed by atoms with Crippen LogP contribution in [0, 0.1) is 26.2 Å². The molecule has 0 spiro atoms. The third-order valence-electron chi connectivity index (χ3n) is 6.29. The standard InChI is InChI=1S/C29H30N8O2/c1-6-8-13-39-26-16-25-23(15-24(26)31-27-11-9-18(3)33-34-27)30-17-36(25)28-12-10-22(20(5)38)29(32-28)37-19(4)14-21(7-2)35-37/h2,9-12,14-17,20,38H,6,8,13H2,1,3-5H3,(H,31,34). The van der Waals surface area contributed by atoms with Crippen molar-refractivity contribution in [3.63, 3.8) is 0 Å². The Morgan fingerprint density at radius 1 is 1.13 bits per heavy atom. The molecule has 2 N–H and O–H groups in total. The first-order valence-electron chi connectivity index (χ1n) is 12.8. The molecule has 5 aromatic rings. The van der Waals surface area contributed by atoms with Gasteiger partial charge in [-0.3, -0.25) is 4.57 Å². The zero-order valence-corrected chi connectivity index (χ0v) is 22.4. The summed E-state index contributed by atoms with van der Waals surface area (Å²) in [6.07, 6.45) is 8.47. The molecule has 4 heterocycles. The Morgan fingerprint density at radius 2 is 1.97 bits per heavy atom. The Morgan fingerprint density at radius 3 is 2.67 bits per heavy atom. The largest absolute Gasteiger partial charge is 0.491 e. The van der Waals surface area contributed by atoms with E-state index in [1.165, 1.54) is 0 Å². The number of terminal acetylenes is 1. The average Bonchev–Trinajstić information content (AvgIpc) is 3.52. The number of nitrogens with zero attached hydrogens (tertiary/aromatic N) is 7. The Balaban J connectivity index is 1.60. The molecule has 0 bridgehead atoms. The van der Waals surface area contributed by atoms with Gasteiger partial charge in [0.25, 0.3) is 0 Å². The summed E-state index contributed by atoms with van der Waals surface area (Å²) in [4.78, 5) is 9.53. The highest BCUT2D eigenvalue weighted by molar-refractivity contribution is 5.86. The molecule has 39 heavy (non-hydrogen) atoms. The molecule has 0 saturated heterocycles. The summed E-state index contributed by atoms with van der Waals surface area (Å²) in [5.41, 5.74) is 5.08. The number of nitrogens with one attached hydrogen (secondary N) is 1. The van der Waals surface area contributed by atoms with Crippen molar-refractivity contribution in [3.05, 3.63) is 71.4 Å². The molecule has 0 amide bonds. The fraction of sp³-hybridized carbons (Fsp3) is 0.276. The number of ether oxygens (including phenoxy) is 1. The van der Waals surface area contributed by atoms with Gasteiger partial charge in [-0.05, 0) is 69.5 Å². The van der Waals surface area contributed by atoms with Crippen molar-refractivity contribution < 1.29 is 9.84 Å². The molecule has 0 aliphatic rings. The van der Waals surface area contributed by atoms with Crippen LogP contribution in [0.5, 0.6) is 5.75 Å². The van der Waals surface area contributed by atoms with Gasteiger partial charge in [-0.25, -0.2) is 14.6 Å². The molecular formula is C29H30N8O2. The van der Waals surface area contributed by atoms with Gasteiger partial charge in [0.2, 0.25) is 0 Å². The summed E-state index contributed by atoms with van der Waals surface area (Å²) in [6.45, 7) is 8.18. The van der Waals surface area contributed by atoms with Crippen LogP contribution < -0.4 is 10.1 Å². The lowest BCUT2D eigenvalue weighted by Gasteiger charge is -2.16. The van der Waals surface area contributed by atoms with Crippen molar-refractivity contribution in [2.75, 3.05) is 11.9 Å². The number of aromatic nitrogens is 7. The van der Waals surface area contributed by atoms with Gasteiger partial charge >= 0.3 is 0 Å². The highest BCUT2D eigenvalue weighted by Gasteiger charge is 2.18. The van der Waals surface area contributed by atoms with Crippen molar-refractivity contribution in [2.45, 2.75) is 46.6 Å². The Hall–Kier alpha value is -4.75. The highest BCUT2D eigenvalue weighted by atomic mass is 16.5. The molecule has 5 rings (SSSR count). The molecule has 10 heteroatoms. The van der Waals surface area contributed by atoms with Crippen LogP contribution >= 0.6 is 0 Å². The van der Waals surface area contributed by atoms with Crippen LogP contribution in [0.25, 0.3) is 22.7 Å². The van der Waals surface area contributed by atoms with Crippen LogP contribution in [-0.2, 0) is 0 Å². The highest BCUT2D eigenvalue weighted by Crippen LogP contribution is 2.33. The fourth-order valence-corrected chi connectivity index (χ4v) is 4.20. The lowest BCUT2D eigenvalue weighted by atomic mass is 10.1. The van der Waals surface area contributed by atoms with Gasteiger partial charge in [0.15, 0.2) is 11.6 Å². The van der Waals surface area contributed by atoms with E-state index in [1.54, 1.807) is 24.0 Å². The van der Waals surface area contributed by atoms with Crippen molar-refractivity contribution >= 4 is 22.5 Å². The molecular weight excluding hydrogens is 492 g/mol. The normalized spacial score (nSPS) is 11.9. The second-order valence-electron chi connectivity index (χ2n) is 9.32. The number of aliphatic hydroxyl groups excluding tert-OH is 1. The van der Waals surface area contributed by atoms with Gasteiger partial charge in [-0.15, -0.1) is 11.5 Å². The number of rotatable bonds is 9. The third kappa shape index (κ3) is 5.30. The predicted molar refractivity (Wildman–Crippen MR) is 150 cm³/mol. The Labute approximate surface area is 226 Å². The molecule has 0 aliphatic carbocycles. The lowest BCUT2D eigenvalue weighted by molar-refractivity contribution is 0.198. The molecule has 1 aromatic carbocycles. The molecule has 1 unspecified atom stereocenters. The molecule has 0 aliphatic heterocycles. The number of pyridine rings is 1. The van der Waals surface area contributed by atoms with E-state index >= 15 is 0 Å². The molecule has 10 nitrogen and oxygen atoms in total. The van der Waals surface area contributed by atoms with E-state index in [9.17, 15) is 5.11 Å². The second kappa shape index (κ2) is 10.9. The minimum atomic E-state index is -0.754. The first kappa shape index (κ1) is 25.9. The topological polar surface area (TPSA) is 116 Å². The van der Waals surface area contributed by atoms with Crippen LogP contribution in [-0.4, -0.2) is 46.2 Å². The summed E-state index contributed by atoms with van der Waals surface area (Å²) in [5, 5.41) is 26.6. The number of fused-ring (bicyclic) bond motifs is 1. The Kier molecular flexibility index (Phi) is 7.25. The van der Waals surface area contributed by atoms with E-state index < -0.39 is 6.10 Å². The van der Waals surface area contributed by atoms with Crippen LogP contribution in [0.1, 0.15) is 55.4 Å². The molecule has 1 atom stereocenters. The number of benzene rings is 1. The van der Waals surface area contributed by atoms with Crippen molar-refractivity contribution in [2.24, 2.45) is 0 Å². The zero-order chi connectivity index (χ0) is 27.5. The average molecular weight is 523 g/mol. The number of aliphatic hydroxyl groups is 1. The maximum Gasteiger partial charge on any atom is 0.161 e. The van der Waals surface area contributed by atoms with E-state index in [-0.39, 0.29) is 0 Å². The minimum absolute atomic E-state index is 0.497. The van der Waals surface area contributed by atoms with Crippen LogP contribution in [0.3, 0.4) is 0 Å². The first-order valence-corrected chi connectivity index (χ1v) is 12.8. The van der Waals surface area contributed by atoms with E-state index in [4.69, 9.17) is 16.1 Å². The lowest BCUT2D eigenvalue weighted by Crippen LogP contribution is -2.11. The molecule has 0 radical (unpaired) electrons. The third-order valence-corrected chi connectivity index (χ3v) is 6.29. The minimum Gasteiger partial charge on any atom is -0.491 e. The number of unbranched alkanes of at least 4 members (excludes halogenated alkanes) is 1. The molecule has 198 valence electrons. The SMILES string of the molecule is C#Cc1cc(C)n(-c2nc(-n3cnc4cc(Nc5ccc(C)nn5)c(OCCCC)cc43)ccc2C(C)O)n1. The Bertz CT molecular complexity index is 1660. The van der Waals surface area contributed by atoms with Crippen LogP contribution in [0.2, 0.25) is 0 Å². The summed E-state index contributed by atoms with van der Waals surface area (Å²) < 4.78 is 9.72. The summed E-state index contributed by atoms with van der Waals surface area (Å²) in [7, 11) is 0. The van der Waals surface area contributed by atoms with Crippen molar-refractivity contribution in [3.8, 4) is 29.7 Å². The summed E-state index contributed by atoms with van der Waals surface area (Å²) in [5.74, 6) is 4.95. The van der Waals surface area contributed by atoms with E-state index in [0.717, 1.165) is 41.0 Å². The zero-order valence-electron chi connectivity index (χ0n) is 22.4. The quantitative estimate of drug-likeness (QED) is 0.206. The number of aryl methyl sites for hydroxylation is 2. The van der Waals surface area contributed by atoms with Gasteiger partial charge in [0.1, 0.15) is 23.6 Å². The predicted octanol–water partition coefficient (Wildman–Crippen LogP) is 4.97. The number of anilines is 2. The van der Waals surface area contributed by atoms with Crippen LogP contribution in [0.15, 0.2) is 48.8 Å². The van der Waals surface area contributed by atoms with E-state index in [1.807, 2.05) is 54.8 Å². The molecule has 0 fully saturated rings. The van der Waals surface area contributed by atoms with E-state index in [0.29, 0.717) is 41.1 Å². The first-order chi connectivity index (χ1) is 18.9. The van der Waals surface area contributed by atoms with Gasteiger partial charge in [0.05, 0.1) is 35.1 Å². The van der Waals surface area contributed by atoms with Gasteiger partial charge < -0.3 is 15.2 Å². The van der Waals surface area contributed by atoms with Crippen LogP contribution in [0.4, 0.5) is 11.5 Å².